The van der Waals surface area contributed by atoms with Gasteiger partial charge in [0, 0.05) is 29.9 Å². The average Bonchev–Trinajstić information content (AvgIpc) is 2.40. The summed E-state index contributed by atoms with van der Waals surface area (Å²) < 4.78 is 13.1. The van der Waals surface area contributed by atoms with E-state index in [1.807, 2.05) is 43.1 Å². The molecule has 2 aromatic carbocycles. The topological polar surface area (TPSA) is 3.24 Å². The van der Waals surface area contributed by atoms with Crippen molar-refractivity contribution in [3.05, 3.63) is 60.4 Å². The number of nitrogens with zero attached hydrogens (tertiary/aromatic N) is 1. The summed E-state index contributed by atoms with van der Waals surface area (Å²) in [6.07, 6.45) is 0. The molecule has 0 amide bonds. The molecule has 18 heavy (non-hydrogen) atoms. The lowest BCUT2D eigenvalue weighted by molar-refractivity contribution is 0.627. The lowest BCUT2D eigenvalue weighted by Gasteiger charge is -2.18. The zero-order valence-electron chi connectivity index (χ0n) is 10.3. The molecule has 0 aliphatic carbocycles. The molecule has 0 saturated heterocycles. The Bertz CT molecular complexity index is 487. The van der Waals surface area contributed by atoms with E-state index in [9.17, 15) is 4.39 Å². The highest BCUT2D eigenvalue weighted by atomic mass is 32.2. The van der Waals surface area contributed by atoms with Crippen LogP contribution in [-0.4, -0.2) is 19.3 Å². The summed E-state index contributed by atoms with van der Waals surface area (Å²) in [6.45, 7) is 0.892. The van der Waals surface area contributed by atoms with Gasteiger partial charge in [-0.2, -0.15) is 0 Å². The molecular weight excluding hydrogens is 245 g/mol. The van der Waals surface area contributed by atoms with E-state index in [0.717, 1.165) is 18.0 Å². The Labute approximate surface area is 112 Å². The number of benzene rings is 2. The molecular formula is C15H16FNS. The fourth-order valence-electron chi connectivity index (χ4n) is 1.66. The lowest BCUT2D eigenvalue weighted by atomic mass is 10.3. The predicted molar refractivity (Wildman–Crippen MR) is 76.8 cm³/mol. The van der Waals surface area contributed by atoms with Crippen LogP contribution in [0.4, 0.5) is 10.1 Å². The van der Waals surface area contributed by atoms with Crippen molar-refractivity contribution < 1.29 is 4.39 Å². The molecule has 0 N–H and O–H groups in total. The lowest BCUT2D eigenvalue weighted by Crippen LogP contribution is -2.20. The standard InChI is InChI=1S/C15H16FNS/c1-17(14-7-5-6-13(16)12-14)10-11-18-15-8-3-2-4-9-15/h2-9,12H,10-11H2,1H3. The van der Waals surface area contributed by atoms with Crippen LogP contribution in [0.3, 0.4) is 0 Å². The van der Waals surface area contributed by atoms with Gasteiger partial charge in [-0.15, -0.1) is 11.8 Å². The highest BCUT2D eigenvalue weighted by Gasteiger charge is 2.02. The van der Waals surface area contributed by atoms with E-state index in [1.165, 1.54) is 11.0 Å². The zero-order chi connectivity index (χ0) is 12.8. The molecule has 0 radical (unpaired) electrons. The normalized spacial score (nSPS) is 10.3. The van der Waals surface area contributed by atoms with Crippen molar-refractivity contribution in [2.45, 2.75) is 4.90 Å². The van der Waals surface area contributed by atoms with Gasteiger partial charge in [-0.25, -0.2) is 4.39 Å². The smallest absolute Gasteiger partial charge is 0.125 e. The molecule has 0 atom stereocenters. The van der Waals surface area contributed by atoms with Crippen LogP contribution in [0.15, 0.2) is 59.5 Å². The second-order valence-corrected chi connectivity index (χ2v) is 5.23. The number of thioether (sulfide) groups is 1. The third kappa shape index (κ3) is 3.77. The molecule has 94 valence electrons. The summed E-state index contributed by atoms with van der Waals surface area (Å²) >= 11 is 1.81. The highest BCUT2D eigenvalue weighted by Crippen LogP contribution is 2.19. The summed E-state index contributed by atoms with van der Waals surface area (Å²) in [5, 5.41) is 0. The number of hydrogen-bond donors (Lipinski definition) is 0. The second kappa shape index (κ2) is 6.45. The molecule has 0 saturated carbocycles. The SMILES string of the molecule is CN(CCSc1ccccc1)c1cccc(F)c1. The van der Waals surface area contributed by atoms with Crippen LogP contribution in [0.25, 0.3) is 0 Å². The maximum absolute atomic E-state index is 13.1. The van der Waals surface area contributed by atoms with E-state index in [4.69, 9.17) is 0 Å². The first kappa shape index (κ1) is 13.0. The van der Waals surface area contributed by atoms with Crippen LogP contribution in [0, 0.1) is 5.82 Å². The van der Waals surface area contributed by atoms with Crippen LogP contribution >= 0.6 is 11.8 Å². The van der Waals surface area contributed by atoms with Gasteiger partial charge in [0.1, 0.15) is 5.82 Å². The first-order chi connectivity index (χ1) is 8.75. The maximum Gasteiger partial charge on any atom is 0.125 e. The van der Waals surface area contributed by atoms with Gasteiger partial charge >= 0.3 is 0 Å². The van der Waals surface area contributed by atoms with Crippen molar-refractivity contribution in [2.75, 3.05) is 24.2 Å². The molecule has 0 fully saturated rings. The third-order valence-electron chi connectivity index (χ3n) is 2.69. The van der Waals surface area contributed by atoms with Crippen LogP contribution in [0.1, 0.15) is 0 Å². The Kier molecular flexibility index (Phi) is 4.65. The summed E-state index contributed by atoms with van der Waals surface area (Å²) in [5.41, 5.74) is 0.920. The molecule has 2 rings (SSSR count). The number of halogens is 1. The quantitative estimate of drug-likeness (QED) is 0.747. The van der Waals surface area contributed by atoms with E-state index in [0.29, 0.717) is 0 Å². The second-order valence-electron chi connectivity index (χ2n) is 4.06. The van der Waals surface area contributed by atoms with Crippen LogP contribution in [-0.2, 0) is 0 Å². The molecule has 2 aromatic rings. The number of hydrogen-bond acceptors (Lipinski definition) is 2. The molecule has 0 aromatic heterocycles. The third-order valence-corrected chi connectivity index (χ3v) is 3.68. The van der Waals surface area contributed by atoms with Crippen molar-refractivity contribution in [2.24, 2.45) is 0 Å². The van der Waals surface area contributed by atoms with E-state index in [2.05, 4.69) is 17.0 Å². The maximum atomic E-state index is 13.1. The van der Waals surface area contributed by atoms with Crippen LogP contribution in [0.5, 0.6) is 0 Å². The monoisotopic (exact) mass is 261 g/mol. The van der Waals surface area contributed by atoms with Crippen molar-refractivity contribution >= 4 is 17.4 Å². The van der Waals surface area contributed by atoms with Crippen molar-refractivity contribution in [3.8, 4) is 0 Å². The van der Waals surface area contributed by atoms with E-state index in [-0.39, 0.29) is 5.82 Å². The van der Waals surface area contributed by atoms with E-state index < -0.39 is 0 Å². The van der Waals surface area contributed by atoms with Crippen LogP contribution in [0.2, 0.25) is 0 Å². The van der Waals surface area contributed by atoms with Gasteiger partial charge in [-0.1, -0.05) is 24.3 Å². The Morgan fingerprint density at radius 1 is 1.06 bits per heavy atom. The molecule has 3 heteroatoms. The summed E-state index contributed by atoms with van der Waals surface area (Å²) in [4.78, 5) is 3.34. The predicted octanol–water partition coefficient (Wildman–Crippen LogP) is 4.05. The highest BCUT2D eigenvalue weighted by molar-refractivity contribution is 7.99. The molecule has 0 heterocycles. The fourth-order valence-corrected chi connectivity index (χ4v) is 2.61. The van der Waals surface area contributed by atoms with Gasteiger partial charge in [0.2, 0.25) is 0 Å². The molecule has 0 aliphatic rings. The molecule has 0 aliphatic heterocycles. The Balaban J connectivity index is 1.83. The number of rotatable bonds is 5. The molecule has 0 unspecified atom stereocenters. The average molecular weight is 261 g/mol. The Morgan fingerprint density at radius 3 is 2.56 bits per heavy atom. The summed E-state index contributed by atoms with van der Waals surface area (Å²) in [6, 6.07) is 17.0. The Hall–Kier alpha value is -1.48. The van der Waals surface area contributed by atoms with Gasteiger partial charge in [0.15, 0.2) is 0 Å². The largest absolute Gasteiger partial charge is 0.374 e. The fraction of sp³-hybridized carbons (Fsp3) is 0.200. The van der Waals surface area contributed by atoms with Crippen LogP contribution < -0.4 is 4.90 Å². The van der Waals surface area contributed by atoms with Gasteiger partial charge in [-0.3, -0.25) is 0 Å². The molecule has 1 nitrogen and oxygen atoms in total. The van der Waals surface area contributed by atoms with E-state index in [1.54, 1.807) is 12.1 Å². The Morgan fingerprint density at radius 2 is 1.83 bits per heavy atom. The summed E-state index contributed by atoms with van der Waals surface area (Å²) in [5.74, 6) is 0.798. The minimum absolute atomic E-state index is 0.185. The van der Waals surface area contributed by atoms with Gasteiger partial charge in [-0.05, 0) is 30.3 Å². The minimum atomic E-state index is -0.185. The minimum Gasteiger partial charge on any atom is -0.374 e. The van der Waals surface area contributed by atoms with Crippen molar-refractivity contribution in [1.82, 2.24) is 0 Å². The zero-order valence-corrected chi connectivity index (χ0v) is 11.2. The number of anilines is 1. The first-order valence-electron chi connectivity index (χ1n) is 5.90. The van der Waals surface area contributed by atoms with Gasteiger partial charge < -0.3 is 4.90 Å². The molecule has 0 spiro atoms. The summed E-state index contributed by atoms with van der Waals surface area (Å²) in [7, 11) is 1.99. The van der Waals surface area contributed by atoms with Gasteiger partial charge in [0.25, 0.3) is 0 Å². The van der Waals surface area contributed by atoms with Crippen molar-refractivity contribution in [1.29, 1.82) is 0 Å². The van der Waals surface area contributed by atoms with E-state index >= 15 is 0 Å². The van der Waals surface area contributed by atoms with Gasteiger partial charge in [0.05, 0.1) is 0 Å². The van der Waals surface area contributed by atoms with Crippen molar-refractivity contribution in [3.63, 3.8) is 0 Å². The molecule has 0 bridgehead atoms. The first-order valence-corrected chi connectivity index (χ1v) is 6.89.